The van der Waals surface area contributed by atoms with Gasteiger partial charge in [-0.25, -0.2) is 8.42 Å². The van der Waals surface area contributed by atoms with Crippen LogP contribution in [0, 0.1) is 0 Å². The van der Waals surface area contributed by atoms with Crippen molar-refractivity contribution in [2.75, 3.05) is 18.6 Å². The number of halogens is 1. The fraction of sp³-hybridized carbons (Fsp3) is 0.600. The van der Waals surface area contributed by atoms with Crippen molar-refractivity contribution in [3.05, 3.63) is 21.3 Å². The van der Waals surface area contributed by atoms with Crippen LogP contribution in [0.3, 0.4) is 0 Å². The summed E-state index contributed by atoms with van der Waals surface area (Å²) in [4.78, 5) is 0. The second kappa shape index (κ2) is 6.00. The van der Waals surface area contributed by atoms with E-state index in [9.17, 15) is 8.42 Å². The summed E-state index contributed by atoms with van der Waals surface area (Å²) in [7, 11) is -2.84. The maximum absolute atomic E-state index is 10.9. The monoisotopic (exact) mass is 281 g/mol. The normalized spacial score (nSPS) is 13.9. The molecule has 0 aliphatic carbocycles. The zero-order valence-electron chi connectivity index (χ0n) is 9.36. The molecule has 1 aromatic heterocycles. The molecule has 0 spiro atoms. The Hall–Kier alpha value is -0.100. The first-order chi connectivity index (χ1) is 7.38. The van der Waals surface area contributed by atoms with E-state index in [4.69, 9.17) is 11.6 Å². The quantitative estimate of drug-likeness (QED) is 0.815. The van der Waals surface area contributed by atoms with Crippen molar-refractivity contribution in [2.45, 2.75) is 19.4 Å². The largest absolute Gasteiger partial charge is 0.310 e. The van der Waals surface area contributed by atoms with Crippen LogP contribution in [-0.4, -0.2) is 27.0 Å². The predicted octanol–water partition coefficient (Wildman–Crippen LogP) is 2.49. The predicted molar refractivity (Wildman–Crippen MR) is 70.1 cm³/mol. The number of rotatable bonds is 6. The molecule has 16 heavy (non-hydrogen) atoms. The third-order valence-electron chi connectivity index (χ3n) is 2.23. The van der Waals surface area contributed by atoms with E-state index in [1.807, 2.05) is 18.4 Å². The van der Waals surface area contributed by atoms with Gasteiger partial charge in [0.15, 0.2) is 0 Å². The minimum atomic E-state index is -2.84. The van der Waals surface area contributed by atoms with E-state index >= 15 is 0 Å². The Morgan fingerprint density at radius 3 is 2.75 bits per heavy atom. The molecule has 1 N–H and O–H groups in total. The fourth-order valence-electron chi connectivity index (χ4n) is 1.32. The topological polar surface area (TPSA) is 46.2 Å². The molecular weight excluding hydrogens is 266 g/mol. The molecule has 6 heteroatoms. The van der Waals surface area contributed by atoms with Crippen molar-refractivity contribution >= 4 is 32.8 Å². The summed E-state index contributed by atoms with van der Waals surface area (Å²) in [6, 6.07) is 2.14. The minimum Gasteiger partial charge on any atom is -0.310 e. The van der Waals surface area contributed by atoms with Crippen LogP contribution >= 0.6 is 22.9 Å². The van der Waals surface area contributed by atoms with Gasteiger partial charge in [0.25, 0.3) is 0 Å². The van der Waals surface area contributed by atoms with Gasteiger partial charge in [0, 0.05) is 12.3 Å². The Kier molecular flexibility index (Phi) is 5.24. The van der Waals surface area contributed by atoms with E-state index in [1.165, 1.54) is 17.6 Å². The van der Waals surface area contributed by atoms with E-state index in [0.29, 0.717) is 13.0 Å². The molecule has 1 heterocycles. The third kappa shape index (κ3) is 5.30. The van der Waals surface area contributed by atoms with Crippen molar-refractivity contribution in [2.24, 2.45) is 0 Å². The van der Waals surface area contributed by atoms with Crippen LogP contribution in [0.2, 0.25) is 4.34 Å². The van der Waals surface area contributed by atoms with Crippen LogP contribution in [0.5, 0.6) is 0 Å². The summed E-state index contributed by atoms with van der Waals surface area (Å²) >= 11 is 7.34. The molecule has 0 amide bonds. The summed E-state index contributed by atoms with van der Waals surface area (Å²) in [5, 5.41) is 5.28. The zero-order valence-corrected chi connectivity index (χ0v) is 11.8. The summed E-state index contributed by atoms with van der Waals surface area (Å²) < 4.78 is 22.6. The molecule has 1 rings (SSSR count). The second-order valence-electron chi connectivity index (χ2n) is 3.84. The van der Waals surface area contributed by atoms with Crippen molar-refractivity contribution < 1.29 is 8.42 Å². The van der Waals surface area contributed by atoms with Crippen LogP contribution in [0.1, 0.15) is 24.9 Å². The zero-order chi connectivity index (χ0) is 12.2. The maximum Gasteiger partial charge on any atom is 0.147 e. The Morgan fingerprint density at radius 1 is 1.56 bits per heavy atom. The van der Waals surface area contributed by atoms with Gasteiger partial charge in [0.1, 0.15) is 9.84 Å². The van der Waals surface area contributed by atoms with E-state index < -0.39 is 9.84 Å². The number of thiophene rings is 1. The van der Waals surface area contributed by atoms with Gasteiger partial charge in [-0.3, -0.25) is 0 Å². The molecule has 0 saturated carbocycles. The van der Waals surface area contributed by atoms with Crippen LogP contribution < -0.4 is 5.32 Å². The molecule has 0 aliphatic rings. The maximum atomic E-state index is 10.9. The van der Waals surface area contributed by atoms with E-state index in [1.54, 1.807) is 0 Å². The van der Waals surface area contributed by atoms with E-state index in [-0.39, 0.29) is 11.8 Å². The molecule has 1 unspecified atom stereocenters. The van der Waals surface area contributed by atoms with Crippen molar-refractivity contribution in [3.8, 4) is 0 Å². The van der Waals surface area contributed by atoms with Crippen LogP contribution in [0.4, 0.5) is 0 Å². The highest BCUT2D eigenvalue weighted by Crippen LogP contribution is 2.24. The van der Waals surface area contributed by atoms with E-state index in [2.05, 4.69) is 5.32 Å². The molecule has 3 nitrogen and oxygen atoms in total. The SMILES string of the molecule is CC(NCCCS(C)(=O)=O)c1csc(Cl)c1. The summed E-state index contributed by atoms with van der Waals surface area (Å²) in [5.74, 6) is 0.233. The number of hydrogen-bond donors (Lipinski definition) is 1. The first-order valence-electron chi connectivity index (χ1n) is 5.03. The standard InChI is InChI=1S/C10H16ClNO2S2/c1-8(9-6-10(11)15-7-9)12-4-3-5-16(2,13)14/h6-8,12H,3-5H2,1-2H3. The molecule has 92 valence electrons. The van der Waals surface area contributed by atoms with Gasteiger partial charge in [-0.05, 0) is 36.9 Å². The first-order valence-corrected chi connectivity index (χ1v) is 8.35. The second-order valence-corrected chi connectivity index (χ2v) is 7.65. The minimum absolute atomic E-state index is 0.211. The van der Waals surface area contributed by atoms with Gasteiger partial charge in [0.05, 0.1) is 10.1 Å². The van der Waals surface area contributed by atoms with Crippen molar-refractivity contribution in [1.82, 2.24) is 5.32 Å². The summed E-state index contributed by atoms with van der Waals surface area (Å²) in [5.41, 5.74) is 1.15. The highest BCUT2D eigenvalue weighted by molar-refractivity contribution is 7.90. The van der Waals surface area contributed by atoms with Gasteiger partial charge in [-0.2, -0.15) is 0 Å². The Balaban J connectivity index is 2.28. The lowest BCUT2D eigenvalue weighted by Crippen LogP contribution is -2.21. The molecule has 0 fully saturated rings. The first kappa shape index (κ1) is 14.0. The Bertz CT molecular complexity index is 428. The molecule has 1 aromatic rings. The fourth-order valence-corrected chi connectivity index (χ4v) is 2.97. The number of sulfone groups is 1. The molecular formula is C10H16ClNO2S2. The molecule has 1 atom stereocenters. The molecule has 0 aliphatic heterocycles. The molecule has 0 radical (unpaired) electrons. The van der Waals surface area contributed by atoms with Crippen LogP contribution in [0.15, 0.2) is 11.4 Å². The van der Waals surface area contributed by atoms with Gasteiger partial charge < -0.3 is 5.32 Å². The smallest absolute Gasteiger partial charge is 0.147 e. The van der Waals surface area contributed by atoms with Crippen molar-refractivity contribution in [3.63, 3.8) is 0 Å². The van der Waals surface area contributed by atoms with Gasteiger partial charge >= 0.3 is 0 Å². The molecule has 0 saturated heterocycles. The summed E-state index contributed by atoms with van der Waals surface area (Å²) in [6.07, 6.45) is 1.90. The van der Waals surface area contributed by atoms with Gasteiger partial charge in [0.2, 0.25) is 0 Å². The molecule has 0 bridgehead atoms. The average molecular weight is 282 g/mol. The highest BCUT2D eigenvalue weighted by atomic mass is 35.5. The number of hydrogen-bond acceptors (Lipinski definition) is 4. The van der Waals surface area contributed by atoms with E-state index in [0.717, 1.165) is 9.90 Å². The Labute approximate surface area is 106 Å². The van der Waals surface area contributed by atoms with Crippen LogP contribution in [0.25, 0.3) is 0 Å². The van der Waals surface area contributed by atoms with Gasteiger partial charge in [-0.15, -0.1) is 11.3 Å². The average Bonchev–Trinajstić information content (AvgIpc) is 2.57. The highest BCUT2D eigenvalue weighted by Gasteiger charge is 2.07. The van der Waals surface area contributed by atoms with Gasteiger partial charge in [-0.1, -0.05) is 11.6 Å². The Morgan fingerprint density at radius 2 is 2.25 bits per heavy atom. The number of nitrogens with one attached hydrogen (secondary N) is 1. The summed E-state index contributed by atoms with van der Waals surface area (Å²) in [6.45, 7) is 2.74. The lowest BCUT2D eigenvalue weighted by Gasteiger charge is -2.11. The lowest BCUT2D eigenvalue weighted by atomic mass is 10.2. The third-order valence-corrected chi connectivity index (χ3v) is 4.37. The van der Waals surface area contributed by atoms with Crippen molar-refractivity contribution in [1.29, 1.82) is 0 Å². The lowest BCUT2D eigenvalue weighted by molar-refractivity contribution is 0.563. The molecule has 0 aromatic carbocycles. The van der Waals surface area contributed by atoms with Crippen LogP contribution in [-0.2, 0) is 9.84 Å².